The lowest BCUT2D eigenvalue weighted by Gasteiger charge is -2.18. The number of carbonyl (C=O) groups excluding carboxylic acids is 2. The minimum Gasteiger partial charge on any atom is -0.342 e. The summed E-state index contributed by atoms with van der Waals surface area (Å²) in [7, 11) is 0. The number of likely N-dealkylation sites (tertiary alicyclic amines) is 1. The third-order valence-electron chi connectivity index (χ3n) is 2.40. The van der Waals surface area contributed by atoms with E-state index in [9.17, 15) is 9.59 Å². The summed E-state index contributed by atoms with van der Waals surface area (Å²) in [4.78, 5) is 24.3. The largest absolute Gasteiger partial charge is 0.342 e. The maximum absolute atomic E-state index is 11.6. The third-order valence-corrected chi connectivity index (χ3v) is 3.45. The van der Waals surface area contributed by atoms with Crippen LogP contribution in [0.1, 0.15) is 27.2 Å². The fourth-order valence-corrected chi connectivity index (χ4v) is 2.51. The van der Waals surface area contributed by atoms with Gasteiger partial charge in [-0.3, -0.25) is 9.59 Å². The van der Waals surface area contributed by atoms with Crippen LogP contribution in [-0.4, -0.2) is 34.8 Å². The number of thioether (sulfide) groups is 1. The SMILES string of the molecule is CC(=O)SCC1CC(=O)N(CC(C)C)C1. The predicted octanol–water partition coefficient (Wildman–Crippen LogP) is 1.77. The smallest absolute Gasteiger partial charge is 0.222 e. The van der Waals surface area contributed by atoms with E-state index < -0.39 is 0 Å². The maximum atomic E-state index is 11.6. The minimum absolute atomic E-state index is 0.143. The summed E-state index contributed by atoms with van der Waals surface area (Å²) < 4.78 is 0. The van der Waals surface area contributed by atoms with E-state index >= 15 is 0 Å². The summed E-state index contributed by atoms with van der Waals surface area (Å²) in [6.07, 6.45) is 0.618. The lowest BCUT2D eigenvalue weighted by molar-refractivity contribution is -0.128. The van der Waals surface area contributed by atoms with Crippen LogP contribution < -0.4 is 0 Å². The van der Waals surface area contributed by atoms with Gasteiger partial charge in [-0.15, -0.1) is 0 Å². The zero-order chi connectivity index (χ0) is 11.4. The van der Waals surface area contributed by atoms with Crippen molar-refractivity contribution in [3.05, 3.63) is 0 Å². The molecular weight excluding hydrogens is 210 g/mol. The van der Waals surface area contributed by atoms with Crippen molar-refractivity contribution in [1.82, 2.24) is 4.90 Å². The molecule has 4 heteroatoms. The van der Waals surface area contributed by atoms with Crippen molar-refractivity contribution < 1.29 is 9.59 Å². The van der Waals surface area contributed by atoms with Crippen molar-refractivity contribution in [2.75, 3.05) is 18.8 Å². The topological polar surface area (TPSA) is 37.4 Å². The number of amides is 1. The van der Waals surface area contributed by atoms with E-state index in [1.54, 1.807) is 6.92 Å². The van der Waals surface area contributed by atoms with Crippen LogP contribution in [0.3, 0.4) is 0 Å². The highest BCUT2D eigenvalue weighted by Gasteiger charge is 2.29. The van der Waals surface area contributed by atoms with Crippen molar-refractivity contribution in [2.24, 2.45) is 11.8 Å². The van der Waals surface area contributed by atoms with Crippen LogP contribution in [0.2, 0.25) is 0 Å². The van der Waals surface area contributed by atoms with Crippen molar-refractivity contribution in [1.29, 1.82) is 0 Å². The molecular formula is C11H19NO2S. The molecule has 0 bridgehead atoms. The zero-order valence-corrected chi connectivity index (χ0v) is 10.5. The molecule has 1 aliphatic rings. The third kappa shape index (κ3) is 4.24. The Bertz CT molecular complexity index is 253. The average molecular weight is 229 g/mol. The van der Waals surface area contributed by atoms with Crippen molar-refractivity contribution >= 4 is 22.8 Å². The molecule has 15 heavy (non-hydrogen) atoms. The van der Waals surface area contributed by atoms with Crippen LogP contribution in [-0.2, 0) is 9.59 Å². The van der Waals surface area contributed by atoms with Gasteiger partial charge in [-0.2, -0.15) is 0 Å². The number of carbonyl (C=O) groups is 2. The minimum atomic E-state index is 0.143. The number of rotatable bonds is 4. The Balaban J connectivity index is 2.35. The van der Waals surface area contributed by atoms with E-state index in [4.69, 9.17) is 0 Å². The first-order valence-electron chi connectivity index (χ1n) is 5.40. The van der Waals surface area contributed by atoms with Crippen LogP contribution in [0, 0.1) is 11.8 Å². The molecule has 0 spiro atoms. The Kier molecular flexibility index (Phi) is 4.64. The lowest BCUT2D eigenvalue weighted by Crippen LogP contribution is -2.29. The second kappa shape index (κ2) is 5.54. The molecule has 1 fully saturated rings. The van der Waals surface area contributed by atoms with E-state index in [1.807, 2.05) is 4.90 Å². The fourth-order valence-electron chi connectivity index (χ4n) is 1.82. The second-order valence-corrected chi connectivity index (χ2v) is 5.76. The molecule has 86 valence electrons. The molecule has 0 aromatic heterocycles. The first-order chi connectivity index (χ1) is 6.99. The van der Waals surface area contributed by atoms with Gasteiger partial charge in [0, 0.05) is 32.2 Å². The van der Waals surface area contributed by atoms with Gasteiger partial charge in [0.1, 0.15) is 0 Å². The molecule has 0 aromatic rings. The highest BCUT2D eigenvalue weighted by molar-refractivity contribution is 8.13. The Labute approximate surface area is 95.6 Å². The monoisotopic (exact) mass is 229 g/mol. The number of hydrogen-bond acceptors (Lipinski definition) is 3. The summed E-state index contributed by atoms with van der Waals surface area (Å²) in [6, 6.07) is 0. The van der Waals surface area contributed by atoms with Gasteiger partial charge in [-0.05, 0) is 11.8 Å². The molecule has 3 nitrogen and oxygen atoms in total. The summed E-state index contributed by atoms with van der Waals surface area (Å²) in [6.45, 7) is 7.49. The van der Waals surface area contributed by atoms with Gasteiger partial charge in [0.05, 0.1) is 0 Å². The molecule has 1 saturated heterocycles. The van der Waals surface area contributed by atoms with Gasteiger partial charge < -0.3 is 4.90 Å². The molecule has 0 saturated carbocycles. The van der Waals surface area contributed by atoms with Gasteiger partial charge in [-0.1, -0.05) is 25.6 Å². The molecule has 1 unspecified atom stereocenters. The fraction of sp³-hybridized carbons (Fsp3) is 0.818. The lowest BCUT2D eigenvalue weighted by atomic mass is 10.1. The molecule has 0 radical (unpaired) electrons. The summed E-state index contributed by atoms with van der Waals surface area (Å²) in [5.74, 6) is 1.92. The summed E-state index contributed by atoms with van der Waals surface area (Å²) in [5, 5.41) is 0.143. The van der Waals surface area contributed by atoms with Crippen LogP contribution in [0.4, 0.5) is 0 Å². The zero-order valence-electron chi connectivity index (χ0n) is 9.66. The standard InChI is InChI=1S/C11H19NO2S/c1-8(2)5-12-6-10(4-11(12)14)7-15-9(3)13/h8,10H,4-7H2,1-3H3. The quantitative estimate of drug-likeness (QED) is 0.737. The van der Waals surface area contributed by atoms with Crippen molar-refractivity contribution in [3.63, 3.8) is 0 Å². The molecule has 1 amide bonds. The molecule has 1 heterocycles. The van der Waals surface area contributed by atoms with Gasteiger partial charge in [0.2, 0.25) is 5.91 Å². The van der Waals surface area contributed by atoms with E-state index in [0.29, 0.717) is 18.3 Å². The normalized spacial score (nSPS) is 21.5. The molecule has 1 atom stereocenters. The predicted molar refractivity (Wildman–Crippen MR) is 62.7 cm³/mol. The average Bonchev–Trinajstić information content (AvgIpc) is 2.43. The van der Waals surface area contributed by atoms with E-state index in [2.05, 4.69) is 13.8 Å². The van der Waals surface area contributed by atoms with E-state index in [1.165, 1.54) is 11.8 Å². The van der Waals surface area contributed by atoms with Gasteiger partial charge >= 0.3 is 0 Å². The Hall–Kier alpha value is -0.510. The number of hydrogen-bond donors (Lipinski definition) is 0. The summed E-state index contributed by atoms with van der Waals surface area (Å²) in [5.41, 5.74) is 0. The van der Waals surface area contributed by atoms with Crippen molar-refractivity contribution in [3.8, 4) is 0 Å². The molecule has 0 aliphatic carbocycles. The Morgan fingerprint density at radius 3 is 2.80 bits per heavy atom. The highest BCUT2D eigenvalue weighted by atomic mass is 32.2. The van der Waals surface area contributed by atoms with Gasteiger partial charge in [0.15, 0.2) is 5.12 Å². The van der Waals surface area contributed by atoms with Gasteiger partial charge in [0.25, 0.3) is 0 Å². The Morgan fingerprint density at radius 2 is 2.27 bits per heavy atom. The van der Waals surface area contributed by atoms with E-state index in [-0.39, 0.29) is 11.0 Å². The maximum Gasteiger partial charge on any atom is 0.222 e. The van der Waals surface area contributed by atoms with Crippen LogP contribution >= 0.6 is 11.8 Å². The van der Waals surface area contributed by atoms with Gasteiger partial charge in [-0.25, -0.2) is 0 Å². The van der Waals surface area contributed by atoms with Crippen molar-refractivity contribution in [2.45, 2.75) is 27.2 Å². The number of nitrogens with zero attached hydrogens (tertiary/aromatic N) is 1. The van der Waals surface area contributed by atoms with Crippen LogP contribution in [0.15, 0.2) is 0 Å². The Morgan fingerprint density at radius 1 is 1.60 bits per heavy atom. The molecule has 1 aliphatic heterocycles. The highest BCUT2D eigenvalue weighted by Crippen LogP contribution is 2.22. The molecule has 0 N–H and O–H groups in total. The van der Waals surface area contributed by atoms with E-state index in [0.717, 1.165) is 18.8 Å². The molecule has 0 aromatic carbocycles. The molecule has 1 rings (SSSR count). The first-order valence-corrected chi connectivity index (χ1v) is 6.38. The van der Waals surface area contributed by atoms with Crippen LogP contribution in [0.25, 0.3) is 0 Å². The summed E-state index contributed by atoms with van der Waals surface area (Å²) >= 11 is 1.33. The first kappa shape index (κ1) is 12.6. The van der Waals surface area contributed by atoms with Crippen LogP contribution in [0.5, 0.6) is 0 Å². The second-order valence-electron chi connectivity index (χ2n) is 4.57.